The van der Waals surface area contributed by atoms with Crippen LogP contribution in [-0.2, 0) is 10.0 Å². The van der Waals surface area contributed by atoms with Gasteiger partial charge in [-0.25, -0.2) is 12.8 Å². The number of hydrogen-bond acceptors (Lipinski definition) is 3. The zero-order valence-corrected chi connectivity index (χ0v) is 15.4. The van der Waals surface area contributed by atoms with Crippen LogP contribution in [0.25, 0.3) is 0 Å². The van der Waals surface area contributed by atoms with E-state index in [1.165, 1.54) is 34.6 Å². The molecule has 26 heavy (non-hydrogen) atoms. The van der Waals surface area contributed by atoms with E-state index in [0.29, 0.717) is 24.3 Å². The van der Waals surface area contributed by atoms with Gasteiger partial charge in [0.2, 0.25) is 10.0 Å². The second kappa shape index (κ2) is 7.55. The summed E-state index contributed by atoms with van der Waals surface area (Å²) in [6.45, 7) is 2.65. The third-order valence-electron chi connectivity index (χ3n) is 4.48. The van der Waals surface area contributed by atoms with E-state index in [2.05, 4.69) is 5.32 Å². The van der Waals surface area contributed by atoms with Gasteiger partial charge in [-0.2, -0.15) is 4.31 Å². The summed E-state index contributed by atoms with van der Waals surface area (Å²) in [5.41, 5.74) is 0.989. The smallest absolute Gasteiger partial charge is 0.255 e. The number of hydrogen-bond donors (Lipinski definition) is 1. The summed E-state index contributed by atoms with van der Waals surface area (Å²) in [4.78, 5) is 12.4. The van der Waals surface area contributed by atoms with E-state index in [1.807, 2.05) is 0 Å². The first-order chi connectivity index (χ1) is 12.4. The van der Waals surface area contributed by atoms with Gasteiger partial charge < -0.3 is 5.32 Å². The molecule has 0 saturated carbocycles. The Hall–Kier alpha value is -2.25. The first-order valence-corrected chi connectivity index (χ1v) is 10.00. The van der Waals surface area contributed by atoms with Crippen LogP contribution in [0.4, 0.5) is 10.1 Å². The molecule has 1 aliphatic rings. The van der Waals surface area contributed by atoms with E-state index < -0.39 is 21.7 Å². The molecule has 0 bridgehead atoms. The van der Waals surface area contributed by atoms with Crippen molar-refractivity contribution in [2.45, 2.75) is 31.1 Å². The molecule has 1 fully saturated rings. The third kappa shape index (κ3) is 3.94. The molecule has 0 atom stereocenters. The number of nitrogens with zero attached hydrogens (tertiary/aromatic N) is 1. The van der Waals surface area contributed by atoms with Crippen LogP contribution in [0.3, 0.4) is 0 Å². The van der Waals surface area contributed by atoms with Crippen LogP contribution in [0.2, 0.25) is 0 Å². The van der Waals surface area contributed by atoms with Crippen molar-refractivity contribution in [3.63, 3.8) is 0 Å². The molecule has 1 heterocycles. The Labute approximate surface area is 152 Å². The topological polar surface area (TPSA) is 66.5 Å². The van der Waals surface area contributed by atoms with Crippen molar-refractivity contribution in [1.82, 2.24) is 4.31 Å². The summed E-state index contributed by atoms with van der Waals surface area (Å²) in [6.07, 6.45) is 2.75. The van der Waals surface area contributed by atoms with Gasteiger partial charge in [0.15, 0.2) is 0 Å². The summed E-state index contributed by atoms with van der Waals surface area (Å²) >= 11 is 0. The molecular weight excluding hydrogens is 355 g/mol. The number of sulfonamides is 1. The molecule has 3 rings (SSSR count). The first-order valence-electron chi connectivity index (χ1n) is 8.55. The molecule has 0 radical (unpaired) electrons. The fraction of sp³-hybridized carbons (Fsp3) is 0.316. The van der Waals surface area contributed by atoms with Gasteiger partial charge in [0.1, 0.15) is 5.82 Å². The minimum absolute atomic E-state index is 0.146. The van der Waals surface area contributed by atoms with Gasteiger partial charge in [-0.15, -0.1) is 0 Å². The van der Waals surface area contributed by atoms with Crippen molar-refractivity contribution in [1.29, 1.82) is 0 Å². The lowest BCUT2D eigenvalue weighted by Gasteiger charge is -2.26. The molecule has 0 spiro atoms. The average Bonchev–Trinajstić information content (AvgIpc) is 2.65. The number of nitrogens with one attached hydrogen (secondary N) is 1. The van der Waals surface area contributed by atoms with Crippen LogP contribution in [0.5, 0.6) is 0 Å². The molecule has 1 N–H and O–H groups in total. The molecule has 0 aromatic heterocycles. The predicted octanol–water partition coefficient (Wildman–Crippen LogP) is 3.56. The Kier molecular flexibility index (Phi) is 5.38. The Morgan fingerprint density at radius 1 is 1.08 bits per heavy atom. The van der Waals surface area contributed by atoms with E-state index in [-0.39, 0.29) is 10.5 Å². The standard InChI is InChI=1S/C19H21FN2O3S/c1-14-8-9-15(12-18(14)20)19(23)21-16-6-5-7-17(13-16)26(24,25)22-10-3-2-4-11-22/h5-9,12-13H,2-4,10-11H2,1H3,(H,21,23). The van der Waals surface area contributed by atoms with Crippen molar-refractivity contribution in [2.75, 3.05) is 18.4 Å². The van der Waals surface area contributed by atoms with E-state index in [1.54, 1.807) is 19.1 Å². The van der Waals surface area contributed by atoms with Crippen LogP contribution in [0.1, 0.15) is 35.2 Å². The average molecular weight is 376 g/mol. The second-order valence-corrected chi connectivity index (χ2v) is 8.35. The largest absolute Gasteiger partial charge is 0.322 e. The summed E-state index contributed by atoms with van der Waals surface area (Å²) in [5, 5.41) is 2.63. The van der Waals surface area contributed by atoms with E-state index in [9.17, 15) is 17.6 Å². The normalized spacial score (nSPS) is 15.6. The Morgan fingerprint density at radius 2 is 1.81 bits per heavy atom. The highest BCUT2D eigenvalue weighted by Gasteiger charge is 2.26. The minimum Gasteiger partial charge on any atom is -0.322 e. The van der Waals surface area contributed by atoms with Crippen LogP contribution < -0.4 is 5.32 Å². The lowest BCUT2D eigenvalue weighted by molar-refractivity contribution is 0.102. The van der Waals surface area contributed by atoms with Crippen molar-refractivity contribution in [3.05, 3.63) is 59.4 Å². The number of carbonyl (C=O) groups is 1. The van der Waals surface area contributed by atoms with Gasteiger partial charge in [-0.05, 0) is 55.7 Å². The molecule has 2 aromatic carbocycles. The van der Waals surface area contributed by atoms with Crippen LogP contribution in [0, 0.1) is 12.7 Å². The maximum Gasteiger partial charge on any atom is 0.255 e. The second-order valence-electron chi connectivity index (χ2n) is 6.41. The van der Waals surface area contributed by atoms with Gasteiger partial charge in [0, 0.05) is 24.3 Å². The van der Waals surface area contributed by atoms with Crippen molar-refractivity contribution in [2.24, 2.45) is 0 Å². The molecule has 0 aliphatic carbocycles. The van der Waals surface area contributed by atoms with Crippen molar-refractivity contribution < 1.29 is 17.6 Å². The van der Waals surface area contributed by atoms with Gasteiger partial charge in [0.25, 0.3) is 5.91 Å². The number of rotatable bonds is 4. The van der Waals surface area contributed by atoms with Crippen molar-refractivity contribution in [3.8, 4) is 0 Å². The summed E-state index contributed by atoms with van der Waals surface area (Å²) in [5.74, 6) is -0.949. The van der Waals surface area contributed by atoms with E-state index in [4.69, 9.17) is 0 Å². The molecule has 1 amide bonds. The summed E-state index contributed by atoms with van der Waals surface area (Å²) in [6, 6.07) is 10.4. The maximum absolute atomic E-state index is 13.6. The summed E-state index contributed by atoms with van der Waals surface area (Å²) < 4.78 is 40.6. The fourth-order valence-corrected chi connectivity index (χ4v) is 4.49. The minimum atomic E-state index is -3.58. The molecule has 7 heteroatoms. The Morgan fingerprint density at radius 3 is 2.50 bits per heavy atom. The first kappa shape index (κ1) is 18.5. The summed E-state index contributed by atoms with van der Waals surface area (Å²) in [7, 11) is -3.58. The van der Waals surface area contributed by atoms with Gasteiger partial charge in [-0.3, -0.25) is 4.79 Å². The highest BCUT2D eigenvalue weighted by molar-refractivity contribution is 7.89. The zero-order chi connectivity index (χ0) is 18.7. The highest BCUT2D eigenvalue weighted by Crippen LogP contribution is 2.23. The van der Waals surface area contributed by atoms with Crippen LogP contribution in [-0.4, -0.2) is 31.7 Å². The molecule has 2 aromatic rings. The number of piperidine rings is 1. The van der Waals surface area contributed by atoms with E-state index in [0.717, 1.165) is 19.3 Å². The SMILES string of the molecule is Cc1ccc(C(=O)Nc2cccc(S(=O)(=O)N3CCCCC3)c2)cc1F. The molecular formula is C19H21FN2O3S. The monoisotopic (exact) mass is 376 g/mol. The lowest BCUT2D eigenvalue weighted by Crippen LogP contribution is -2.35. The van der Waals surface area contributed by atoms with E-state index >= 15 is 0 Å². The number of amides is 1. The fourth-order valence-electron chi connectivity index (χ4n) is 2.93. The number of carbonyl (C=O) groups excluding carboxylic acids is 1. The zero-order valence-electron chi connectivity index (χ0n) is 14.5. The molecule has 5 nitrogen and oxygen atoms in total. The lowest BCUT2D eigenvalue weighted by atomic mass is 10.1. The number of halogens is 1. The van der Waals surface area contributed by atoms with Crippen LogP contribution >= 0.6 is 0 Å². The predicted molar refractivity (Wildman–Crippen MR) is 98.1 cm³/mol. The quantitative estimate of drug-likeness (QED) is 0.887. The number of aryl methyl sites for hydroxylation is 1. The Balaban J connectivity index is 1.80. The Bertz CT molecular complexity index is 922. The van der Waals surface area contributed by atoms with Gasteiger partial charge in [-0.1, -0.05) is 18.6 Å². The van der Waals surface area contributed by atoms with Gasteiger partial charge in [0.05, 0.1) is 4.90 Å². The molecule has 1 aliphatic heterocycles. The third-order valence-corrected chi connectivity index (χ3v) is 6.37. The van der Waals surface area contributed by atoms with Crippen molar-refractivity contribution >= 4 is 21.6 Å². The molecule has 1 saturated heterocycles. The number of benzene rings is 2. The highest BCUT2D eigenvalue weighted by atomic mass is 32.2. The molecule has 138 valence electrons. The number of anilines is 1. The van der Waals surface area contributed by atoms with Gasteiger partial charge >= 0.3 is 0 Å². The maximum atomic E-state index is 13.6. The molecule has 0 unspecified atom stereocenters. The van der Waals surface area contributed by atoms with Crippen LogP contribution in [0.15, 0.2) is 47.4 Å².